The van der Waals surface area contributed by atoms with Crippen LogP contribution in [0.25, 0.3) is 0 Å². The van der Waals surface area contributed by atoms with Crippen LogP contribution in [0.15, 0.2) is 70.5 Å². The molecule has 1 aliphatic heterocycles. The monoisotopic (exact) mass is 498 g/mol. The maximum absolute atomic E-state index is 12.7. The zero-order valence-electron chi connectivity index (χ0n) is 18.4. The molecule has 2 aliphatic rings. The second kappa shape index (κ2) is 10.4. The first-order valence-corrected chi connectivity index (χ1v) is 12.1. The van der Waals surface area contributed by atoms with Gasteiger partial charge in [0.1, 0.15) is 6.04 Å². The van der Waals surface area contributed by atoms with Gasteiger partial charge < -0.3 is 10.1 Å². The van der Waals surface area contributed by atoms with E-state index in [4.69, 9.17) is 16.3 Å². The van der Waals surface area contributed by atoms with Crippen LogP contribution < -0.4 is 5.32 Å². The van der Waals surface area contributed by atoms with Gasteiger partial charge in [-0.2, -0.15) is 0 Å². The minimum Gasteiger partial charge on any atom is -0.454 e. The highest BCUT2D eigenvalue weighted by Crippen LogP contribution is 2.36. The van der Waals surface area contributed by atoms with Crippen molar-refractivity contribution in [1.82, 2.24) is 4.90 Å². The lowest BCUT2D eigenvalue weighted by molar-refractivity contribution is -0.159. The first-order chi connectivity index (χ1) is 16.3. The van der Waals surface area contributed by atoms with Gasteiger partial charge in [0, 0.05) is 14.8 Å². The Morgan fingerprint density at radius 3 is 2.32 bits per heavy atom. The van der Waals surface area contributed by atoms with E-state index in [1.165, 1.54) is 18.7 Å². The van der Waals surface area contributed by atoms with Crippen LogP contribution in [0.2, 0.25) is 5.02 Å². The molecule has 2 aromatic rings. The van der Waals surface area contributed by atoms with Gasteiger partial charge in [0.05, 0.1) is 17.5 Å². The van der Waals surface area contributed by atoms with E-state index in [1.807, 2.05) is 36.4 Å². The molecule has 3 atom stereocenters. The van der Waals surface area contributed by atoms with Crippen LogP contribution in [-0.4, -0.2) is 41.2 Å². The number of likely N-dealkylation sites (tertiary alicyclic amines) is 1. The van der Waals surface area contributed by atoms with Gasteiger partial charge in [0.2, 0.25) is 11.8 Å². The van der Waals surface area contributed by atoms with Crippen molar-refractivity contribution in [1.29, 1.82) is 0 Å². The minimum atomic E-state index is -1.09. The van der Waals surface area contributed by atoms with Gasteiger partial charge in [-0.25, -0.2) is 4.79 Å². The number of halogens is 1. The summed E-state index contributed by atoms with van der Waals surface area (Å²) in [5, 5.41) is 3.38. The number of anilines is 1. The summed E-state index contributed by atoms with van der Waals surface area (Å²) >= 11 is 7.39. The van der Waals surface area contributed by atoms with Crippen LogP contribution in [0.3, 0.4) is 0 Å². The first kappa shape index (κ1) is 24.0. The first-order valence-electron chi connectivity index (χ1n) is 10.9. The second-order valence-corrected chi connectivity index (χ2v) is 9.64. The number of hydrogen-bond donors (Lipinski definition) is 1. The number of rotatable bonds is 7. The molecule has 1 saturated heterocycles. The van der Waals surface area contributed by atoms with E-state index in [0.717, 1.165) is 14.7 Å². The molecule has 0 saturated carbocycles. The summed E-state index contributed by atoms with van der Waals surface area (Å²) in [4.78, 5) is 53.1. The van der Waals surface area contributed by atoms with Crippen LogP contribution in [0.1, 0.15) is 19.8 Å². The largest absolute Gasteiger partial charge is 0.454 e. The number of para-hydroxylation sites is 1. The van der Waals surface area contributed by atoms with Crippen LogP contribution in [0.4, 0.5) is 5.69 Å². The molecule has 4 rings (SSSR count). The lowest BCUT2D eigenvalue weighted by Crippen LogP contribution is -2.45. The zero-order chi connectivity index (χ0) is 24.2. The van der Waals surface area contributed by atoms with E-state index in [9.17, 15) is 19.2 Å². The van der Waals surface area contributed by atoms with E-state index in [2.05, 4.69) is 5.32 Å². The van der Waals surface area contributed by atoms with Crippen molar-refractivity contribution in [3.8, 4) is 0 Å². The van der Waals surface area contributed by atoms with Crippen LogP contribution in [-0.2, 0) is 23.9 Å². The lowest BCUT2D eigenvalue weighted by Gasteiger charge is -2.21. The Morgan fingerprint density at radius 1 is 1.06 bits per heavy atom. The summed E-state index contributed by atoms with van der Waals surface area (Å²) in [6, 6.07) is 13.5. The molecule has 176 valence electrons. The Bertz CT molecular complexity index is 1120. The molecule has 0 radical (unpaired) electrons. The lowest BCUT2D eigenvalue weighted by atomic mass is 9.85. The third-order valence-corrected chi connectivity index (χ3v) is 7.15. The maximum atomic E-state index is 12.7. The van der Waals surface area contributed by atoms with Crippen molar-refractivity contribution in [2.45, 2.75) is 35.6 Å². The molecule has 34 heavy (non-hydrogen) atoms. The highest BCUT2D eigenvalue weighted by Gasteiger charge is 2.50. The van der Waals surface area contributed by atoms with E-state index in [-0.39, 0.29) is 11.8 Å². The molecule has 7 nitrogen and oxygen atoms in total. The molecule has 1 heterocycles. The second-order valence-electron chi connectivity index (χ2n) is 8.09. The number of nitrogens with zero attached hydrogens (tertiary/aromatic N) is 1. The summed E-state index contributed by atoms with van der Waals surface area (Å²) in [6.45, 7) is 0.909. The predicted molar refractivity (Wildman–Crippen MR) is 128 cm³/mol. The number of amides is 3. The Hall–Kier alpha value is -3.10. The molecule has 1 N–H and O–H groups in total. The van der Waals surface area contributed by atoms with E-state index in [0.29, 0.717) is 23.6 Å². The number of imide groups is 1. The average Bonchev–Trinajstić information content (AvgIpc) is 3.10. The van der Waals surface area contributed by atoms with Crippen LogP contribution in [0, 0.1) is 11.8 Å². The number of carbonyl (C=O) groups excluding carboxylic acids is 4. The summed E-state index contributed by atoms with van der Waals surface area (Å²) < 4.78 is 5.14. The molecule has 9 heteroatoms. The summed E-state index contributed by atoms with van der Waals surface area (Å²) in [5.74, 6) is -2.90. The third kappa shape index (κ3) is 5.18. The Kier molecular flexibility index (Phi) is 7.38. The van der Waals surface area contributed by atoms with Crippen molar-refractivity contribution in [3.05, 3.63) is 65.7 Å². The number of esters is 1. The average molecular weight is 499 g/mol. The standard InChI is InChI=1S/C25H23ClN2O5S/c1-15(28-23(30)18-6-2-3-7-19(18)24(28)31)25(32)33-14-22(29)27-20-8-4-5-9-21(20)34-17-12-10-16(26)11-13-17/h2-5,8-13,15,18-19H,6-7,14H2,1H3,(H,27,29)/t15-,18?,19?/m0/s1. The fourth-order valence-corrected chi connectivity index (χ4v) is 5.07. The number of carbonyl (C=O) groups is 4. The summed E-state index contributed by atoms with van der Waals surface area (Å²) in [5.41, 5.74) is 0.568. The fraction of sp³-hybridized carbons (Fsp3) is 0.280. The van der Waals surface area contributed by atoms with Crippen molar-refractivity contribution >= 4 is 52.7 Å². The third-order valence-electron chi connectivity index (χ3n) is 5.82. The number of allylic oxidation sites excluding steroid dienone is 2. The fourth-order valence-electron chi connectivity index (χ4n) is 4.05. The molecule has 0 aromatic heterocycles. The van der Waals surface area contributed by atoms with Crippen molar-refractivity contribution < 1.29 is 23.9 Å². The highest BCUT2D eigenvalue weighted by atomic mass is 35.5. The number of ether oxygens (including phenoxy) is 1. The molecular weight excluding hydrogens is 476 g/mol. The molecule has 1 fully saturated rings. The van der Waals surface area contributed by atoms with Crippen molar-refractivity contribution in [2.24, 2.45) is 11.8 Å². The normalized spacial score (nSPS) is 20.1. The number of benzene rings is 2. The Morgan fingerprint density at radius 2 is 1.68 bits per heavy atom. The van der Waals surface area contributed by atoms with Gasteiger partial charge in [-0.15, -0.1) is 0 Å². The van der Waals surface area contributed by atoms with Crippen molar-refractivity contribution in [2.75, 3.05) is 11.9 Å². The maximum Gasteiger partial charge on any atom is 0.329 e. The van der Waals surface area contributed by atoms with Crippen molar-refractivity contribution in [3.63, 3.8) is 0 Å². The highest BCUT2D eigenvalue weighted by molar-refractivity contribution is 7.99. The smallest absolute Gasteiger partial charge is 0.329 e. The predicted octanol–water partition coefficient (Wildman–Crippen LogP) is 4.31. The number of fused-ring (bicyclic) bond motifs is 1. The minimum absolute atomic E-state index is 0.360. The quantitative estimate of drug-likeness (QED) is 0.347. The van der Waals surface area contributed by atoms with Gasteiger partial charge in [-0.1, -0.05) is 47.6 Å². The molecule has 2 aromatic carbocycles. The van der Waals surface area contributed by atoms with Crippen LogP contribution >= 0.6 is 23.4 Å². The number of nitrogens with one attached hydrogen (secondary N) is 1. The topological polar surface area (TPSA) is 92.8 Å². The van der Waals surface area contributed by atoms with Gasteiger partial charge in [-0.3, -0.25) is 19.3 Å². The summed E-state index contributed by atoms with van der Waals surface area (Å²) in [6.07, 6.45) is 4.74. The Labute approximate surface area is 206 Å². The SMILES string of the molecule is C[C@@H](C(=O)OCC(=O)Nc1ccccc1Sc1ccc(Cl)cc1)N1C(=O)C2CC=CCC2C1=O. The van der Waals surface area contributed by atoms with Gasteiger partial charge in [-0.05, 0) is 56.2 Å². The van der Waals surface area contributed by atoms with Gasteiger partial charge >= 0.3 is 5.97 Å². The molecular formula is C25H23ClN2O5S. The van der Waals surface area contributed by atoms with E-state index >= 15 is 0 Å². The van der Waals surface area contributed by atoms with Gasteiger partial charge in [0.25, 0.3) is 5.91 Å². The molecule has 1 aliphatic carbocycles. The summed E-state index contributed by atoms with van der Waals surface area (Å²) in [7, 11) is 0. The van der Waals surface area contributed by atoms with Gasteiger partial charge in [0.15, 0.2) is 6.61 Å². The molecule has 3 amide bonds. The molecule has 0 spiro atoms. The van der Waals surface area contributed by atoms with E-state index in [1.54, 1.807) is 24.3 Å². The van der Waals surface area contributed by atoms with Crippen LogP contribution in [0.5, 0.6) is 0 Å². The number of hydrogen-bond acceptors (Lipinski definition) is 6. The Balaban J connectivity index is 1.34. The zero-order valence-corrected chi connectivity index (χ0v) is 20.0. The van der Waals surface area contributed by atoms with E-state index < -0.39 is 36.4 Å². The molecule has 0 bridgehead atoms. The molecule has 2 unspecified atom stereocenters.